The molecule has 2 aromatic rings. The number of amides is 2. The van der Waals surface area contributed by atoms with Crippen LogP contribution in [0.25, 0.3) is 0 Å². The molecule has 10 heteroatoms. The van der Waals surface area contributed by atoms with Gasteiger partial charge in [-0.1, -0.05) is 32.4 Å². The molecule has 0 aliphatic carbocycles. The molecule has 0 unspecified atom stereocenters. The molecule has 1 aliphatic rings. The largest absolute Gasteiger partial charge is 0.390 e. The third-order valence-corrected chi connectivity index (χ3v) is 7.61. The van der Waals surface area contributed by atoms with Gasteiger partial charge in [-0.15, -0.1) is 0 Å². The SMILES string of the molecule is CCCCN1C(=O)CN(CC(=O)N[C@@H](Cc2cc(F)cc(F)c2)[C@@H](O)CNCc2cccc(I)c2)C[C@@H]1CC. The Labute approximate surface area is 243 Å². The normalized spacial score (nSPS) is 17.7. The van der Waals surface area contributed by atoms with Crippen molar-refractivity contribution in [3.05, 3.63) is 68.8 Å². The van der Waals surface area contributed by atoms with E-state index in [-0.39, 0.29) is 43.9 Å². The van der Waals surface area contributed by atoms with Crippen molar-refractivity contribution in [3.8, 4) is 0 Å². The number of halogens is 3. The number of unbranched alkanes of at least 4 members (excludes halogenated alkanes) is 1. The molecule has 1 heterocycles. The van der Waals surface area contributed by atoms with E-state index in [1.807, 2.05) is 41.0 Å². The van der Waals surface area contributed by atoms with Crippen LogP contribution in [-0.2, 0) is 22.6 Å². The Kier molecular flexibility index (Phi) is 12.5. The van der Waals surface area contributed by atoms with Crippen LogP contribution < -0.4 is 10.6 Å². The maximum absolute atomic E-state index is 13.8. The second-order valence-corrected chi connectivity index (χ2v) is 11.4. The maximum atomic E-state index is 13.8. The molecule has 3 N–H and O–H groups in total. The molecule has 3 rings (SSSR count). The summed E-state index contributed by atoms with van der Waals surface area (Å²) >= 11 is 2.23. The number of aliphatic hydroxyl groups excluding tert-OH is 1. The average Bonchev–Trinajstić information content (AvgIpc) is 2.86. The predicted molar refractivity (Wildman–Crippen MR) is 156 cm³/mol. The zero-order chi connectivity index (χ0) is 28.4. The molecule has 0 radical (unpaired) electrons. The molecule has 214 valence electrons. The first-order valence-corrected chi connectivity index (χ1v) is 14.7. The smallest absolute Gasteiger partial charge is 0.237 e. The van der Waals surface area contributed by atoms with Gasteiger partial charge in [0, 0.05) is 41.9 Å². The van der Waals surface area contributed by atoms with Gasteiger partial charge in [0.1, 0.15) is 11.6 Å². The lowest BCUT2D eigenvalue weighted by Crippen LogP contribution is -2.58. The Bertz CT molecular complexity index is 1090. The van der Waals surface area contributed by atoms with E-state index in [1.165, 1.54) is 12.1 Å². The molecule has 39 heavy (non-hydrogen) atoms. The number of carbonyl (C=O) groups excluding carboxylic acids is 2. The van der Waals surface area contributed by atoms with Crippen LogP contribution in [0.3, 0.4) is 0 Å². The number of carbonyl (C=O) groups is 2. The fourth-order valence-corrected chi connectivity index (χ4v) is 5.54. The Hall–Kier alpha value is -2.15. The van der Waals surface area contributed by atoms with E-state index in [9.17, 15) is 23.5 Å². The molecular formula is C29H39F2IN4O3. The van der Waals surface area contributed by atoms with Gasteiger partial charge in [0.15, 0.2) is 0 Å². The molecule has 2 amide bonds. The average molecular weight is 657 g/mol. The Morgan fingerprint density at radius 3 is 2.56 bits per heavy atom. The van der Waals surface area contributed by atoms with Crippen molar-refractivity contribution in [1.82, 2.24) is 20.4 Å². The van der Waals surface area contributed by atoms with Crippen molar-refractivity contribution in [2.45, 2.75) is 64.3 Å². The monoisotopic (exact) mass is 656 g/mol. The van der Waals surface area contributed by atoms with Crippen molar-refractivity contribution < 1.29 is 23.5 Å². The number of rotatable bonds is 14. The predicted octanol–water partition coefficient (Wildman–Crippen LogP) is 3.47. The number of aliphatic hydroxyl groups is 1. The molecular weight excluding hydrogens is 617 g/mol. The van der Waals surface area contributed by atoms with Gasteiger partial charge in [-0.3, -0.25) is 14.5 Å². The molecule has 0 saturated carbocycles. The van der Waals surface area contributed by atoms with Gasteiger partial charge in [-0.25, -0.2) is 8.78 Å². The van der Waals surface area contributed by atoms with E-state index in [0.717, 1.165) is 41.0 Å². The van der Waals surface area contributed by atoms with Crippen molar-refractivity contribution in [1.29, 1.82) is 0 Å². The van der Waals surface area contributed by atoms with E-state index >= 15 is 0 Å². The lowest BCUT2D eigenvalue weighted by atomic mass is 10.0. The van der Waals surface area contributed by atoms with Crippen LogP contribution in [0.4, 0.5) is 8.78 Å². The zero-order valence-electron chi connectivity index (χ0n) is 22.6. The highest BCUT2D eigenvalue weighted by Crippen LogP contribution is 2.16. The molecule has 0 aromatic heterocycles. The lowest BCUT2D eigenvalue weighted by molar-refractivity contribution is -0.141. The summed E-state index contributed by atoms with van der Waals surface area (Å²) < 4.78 is 28.8. The number of nitrogens with one attached hydrogen (secondary N) is 2. The number of piperazine rings is 1. The minimum atomic E-state index is -1.01. The first-order chi connectivity index (χ1) is 18.7. The van der Waals surface area contributed by atoms with E-state index in [4.69, 9.17) is 0 Å². The molecule has 0 spiro atoms. The molecule has 3 atom stereocenters. The summed E-state index contributed by atoms with van der Waals surface area (Å²) in [4.78, 5) is 29.6. The van der Waals surface area contributed by atoms with Crippen molar-refractivity contribution >= 4 is 34.4 Å². The summed E-state index contributed by atoms with van der Waals surface area (Å²) in [7, 11) is 0. The second kappa shape index (κ2) is 15.6. The van der Waals surface area contributed by atoms with Gasteiger partial charge >= 0.3 is 0 Å². The second-order valence-electron chi connectivity index (χ2n) is 10.2. The van der Waals surface area contributed by atoms with Crippen LogP contribution in [0, 0.1) is 15.2 Å². The third-order valence-electron chi connectivity index (χ3n) is 6.94. The Balaban J connectivity index is 1.64. The highest BCUT2D eigenvalue weighted by molar-refractivity contribution is 14.1. The van der Waals surface area contributed by atoms with E-state index in [0.29, 0.717) is 18.7 Å². The highest BCUT2D eigenvalue weighted by Gasteiger charge is 2.32. The standard InChI is InChI=1S/C29H39F2IN4O3/c1-3-5-9-36-25(4-2)17-35(19-29(36)39)18-28(38)34-26(13-21-10-22(30)14-23(31)11-21)27(37)16-33-15-20-7-6-8-24(32)12-20/h6-8,10-12,14,25-27,33,37H,3-5,9,13,15-19H2,1-2H3,(H,34,38)/t25-,26-,27-/m0/s1. The summed E-state index contributed by atoms with van der Waals surface area (Å²) in [6.07, 6.45) is 1.78. The molecule has 0 bridgehead atoms. The van der Waals surface area contributed by atoms with Crippen molar-refractivity contribution in [2.75, 3.05) is 32.7 Å². The molecule has 7 nitrogen and oxygen atoms in total. The van der Waals surface area contributed by atoms with Gasteiger partial charge in [-0.2, -0.15) is 0 Å². The Morgan fingerprint density at radius 1 is 1.15 bits per heavy atom. The van der Waals surface area contributed by atoms with Gasteiger partial charge in [0.25, 0.3) is 0 Å². The van der Waals surface area contributed by atoms with Crippen LogP contribution in [0.5, 0.6) is 0 Å². The van der Waals surface area contributed by atoms with Gasteiger partial charge in [-0.05, 0) is 77.2 Å². The number of nitrogens with zero attached hydrogens (tertiary/aromatic N) is 2. The summed E-state index contributed by atoms with van der Waals surface area (Å²) in [6.45, 7) is 6.29. The van der Waals surface area contributed by atoms with Crippen molar-refractivity contribution in [2.24, 2.45) is 0 Å². The minimum Gasteiger partial charge on any atom is -0.390 e. The fourth-order valence-electron chi connectivity index (χ4n) is 4.93. The van der Waals surface area contributed by atoms with E-state index < -0.39 is 23.8 Å². The summed E-state index contributed by atoms with van der Waals surface area (Å²) in [5.74, 6) is -1.77. The van der Waals surface area contributed by atoms with Crippen LogP contribution in [0.1, 0.15) is 44.2 Å². The quantitative estimate of drug-likeness (QED) is 0.272. The number of hydrogen-bond donors (Lipinski definition) is 3. The molecule has 2 aromatic carbocycles. The van der Waals surface area contributed by atoms with Crippen LogP contribution in [0.15, 0.2) is 42.5 Å². The van der Waals surface area contributed by atoms with Gasteiger partial charge in [0.2, 0.25) is 11.8 Å². The van der Waals surface area contributed by atoms with E-state index in [2.05, 4.69) is 40.1 Å². The number of benzene rings is 2. The molecule has 1 fully saturated rings. The molecule has 1 aliphatic heterocycles. The topological polar surface area (TPSA) is 84.9 Å². The van der Waals surface area contributed by atoms with Gasteiger partial charge in [0.05, 0.1) is 25.2 Å². The highest BCUT2D eigenvalue weighted by atomic mass is 127. The fraction of sp³-hybridized carbons (Fsp3) is 0.517. The molecule has 1 saturated heterocycles. The van der Waals surface area contributed by atoms with Crippen LogP contribution in [-0.4, -0.2) is 77.6 Å². The minimum absolute atomic E-state index is 0.000467. The third kappa shape index (κ3) is 10.1. The first kappa shape index (κ1) is 31.4. The van der Waals surface area contributed by atoms with Gasteiger partial charge < -0.3 is 20.6 Å². The van der Waals surface area contributed by atoms with Crippen LogP contribution >= 0.6 is 22.6 Å². The lowest BCUT2D eigenvalue weighted by Gasteiger charge is -2.40. The summed E-state index contributed by atoms with van der Waals surface area (Å²) in [5, 5.41) is 17.1. The maximum Gasteiger partial charge on any atom is 0.237 e. The number of hydrogen-bond acceptors (Lipinski definition) is 5. The first-order valence-electron chi connectivity index (χ1n) is 13.6. The zero-order valence-corrected chi connectivity index (χ0v) is 24.8. The van der Waals surface area contributed by atoms with Crippen molar-refractivity contribution in [3.63, 3.8) is 0 Å². The Morgan fingerprint density at radius 2 is 1.90 bits per heavy atom. The summed E-state index contributed by atoms with van der Waals surface area (Å²) in [6, 6.07) is 10.4. The summed E-state index contributed by atoms with van der Waals surface area (Å²) in [5.41, 5.74) is 1.38. The van der Waals surface area contributed by atoms with Crippen LogP contribution in [0.2, 0.25) is 0 Å². The van der Waals surface area contributed by atoms with E-state index in [1.54, 1.807) is 0 Å².